The Morgan fingerprint density at radius 3 is 2.52 bits per heavy atom. The summed E-state index contributed by atoms with van der Waals surface area (Å²) in [5, 5.41) is 16.2. The highest BCUT2D eigenvalue weighted by Crippen LogP contribution is 2.76. The molecular weight excluding hydrogens is 779 g/mol. The van der Waals surface area contributed by atoms with E-state index in [1.165, 1.54) is 111 Å². The first-order chi connectivity index (χ1) is 28.6. The van der Waals surface area contributed by atoms with E-state index in [1.807, 2.05) is 24.3 Å². The highest BCUT2D eigenvalue weighted by Gasteiger charge is 2.70. The second kappa shape index (κ2) is 15.8. The molecule has 1 saturated heterocycles. The molecule has 0 spiro atoms. The van der Waals surface area contributed by atoms with Gasteiger partial charge in [0, 0.05) is 43.2 Å². The van der Waals surface area contributed by atoms with Gasteiger partial charge in [-0.3, -0.25) is 4.79 Å². The molecule has 7 aliphatic rings. The number of nitrogens with one attached hydrogen (secondary N) is 1. The predicted octanol–water partition coefficient (Wildman–Crippen LogP) is 12.1. The molecular formula is C52H75N3O3S2. The maximum atomic E-state index is 13.3. The second-order valence-electron chi connectivity index (χ2n) is 22.2. The van der Waals surface area contributed by atoms with E-state index < -0.39 is 11.4 Å². The third-order valence-corrected chi connectivity index (χ3v) is 21.4. The predicted molar refractivity (Wildman–Crippen MR) is 251 cm³/mol. The number of hydrogen-bond acceptors (Lipinski definition) is 7. The van der Waals surface area contributed by atoms with Crippen molar-refractivity contribution < 1.29 is 14.6 Å². The van der Waals surface area contributed by atoms with Crippen LogP contribution in [0.15, 0.2) is 59.7 Å². The minimum atomic E-state index is -0.973. The third-order valence-electron chi connectivity index (χ3n) is 19.6. The zero-order valence-corrected chi connectivity index (χ0v) is 39.7. The molecule has 1 aromatic heterocycles. The standard InChI is InChI=1S/C52H75N3O3S2/c1-9-36-32-35(16-22-51(36,46(56)57)33-58-45-38-12-10-11-13-41(38)60-54-45)39-18-20-48(6)42(47(39,4)5)19-21-50(8)43(48)15-14-40-44-37(34(2)3)17-23-52(44,25-24-49(40,50)7)53-26-27-55-28-30-59-31-29-55/h10-13,18,32,36-37,40,42-44,53H,2,9,14-17,19-31,33H2,1,3-8H3,(H,56,57)/t36?,37-,40+,42-,43+,44+,48-,49+,50+,51?,52-/m0/s1. The number of benzene rings is 1. The molecule has 6 nitrogen and oxygen atoms in total. The van der Waals surface area contributed by atoms with Gasteiger partial charge in [-0.2, -0.15) is 16.1 Å². The van der Waals surface area contributed by atoms with Crippen LogP contribution in [0.25, 0.3) is 10.1 Å². The molecule has 328 valence electrons. The Bertz CT molecular complexity index is 2030. The highest BCUT2D eigenvalue weighted by molar-refractivity contribution is 7.99. The maximum Gasteiger partial charge on any atom is 0.313 e. The number of fused-ring (bicyclic) bond motifs is 8. The number of hydrogen-bond donors (Lipinski definition) is 2. The lowest BCUT2D eigenvalue weighted by atomic mass is 9.33. The van der Waals surface area contributed by atoms with Crippen molar-refractivity contribution in [3.63, 3.8) is 0 Å². The van der Waals surface area contributed by atoms with Crippen LogP contribution in [-0.2, 0) is 4.79 Å². The topological polar surface area (TPSA) is 74.7 Å². The van der Waals surface area contributed by atoms with Gasteiger partial charge in [0.15, 0.2) is 0 Å². The molecule has 2 N–H and O–H groups in total. The minimum absolute atomic E-state index is 0.0185. The molecule has 2 unspecified atom stereocenters. The van der Waals surface area contributed by atoms with Crippen molar-refractivity contribution in [2.24, 2.45) is 62.6 Å². The number of aromatic nitrogens is 1. The number of allylic oxidation sites excluding steroid dienone is 5. The van der Waals surface area contributed by atoms with E-state index in [9.17, 15) is 9.90 Å². The van der Waals surface area contributed by atoms with Crippen molar-refractivity contribution >= 4 is 39.3 Å². The molecule has 0 radical (unpaired) electrons. The van der Waals surface area contributed by atoms with E-state index in [-0.39, 0.29) is 28.9 Å². The Kier molecular flexibility index (Phi) is 11.4. The summed E-state index contributed by atoms with van der Waals surface area (Å²) in [7, 11) is 0. The van der Waals surface area contributed by atoms with E-state index in [0.29, 0.717) is 46.8 Å². The van der Waals surface area contributed by atoms with Crippen molar-refractivity contribution in [1.82, 2.24) is 14.6 Å². The van der Waals surface area contributed by atoms with Gasteiger partial charge in [0.25, 0.3) is 0 Å². The van der Waals surface area contributed by atoms with Crippen molar-refractivity contribution in [3.8, 4) is 5.88 Å². The minimum Gasteiger partial charge on any atom is -0.481 e. The number of carboxylic acid groups (broad SMARTS) is 1. The molecule has 1 aliphatic heterocycles. The fourth-order valence-corrected chi connectivity index (χ4v) is 18.0. The van der Waals surface area contributed by atoms with Gasteiger partial charge in [-0.05, 0) is 176 Å². The fraction of sp³-hybridized carbons (Fsp3) is 0.731. The zero-order chi connectivity index (χ0) is 42.3. The van der Waals surface area contributed by atoms with Gasteiger partial charge < -0.3 is 20.1 Å². The number of aliphatic carboxylic acids is 1. The van der Waals surface area contributed by atoms with E-state index in [4.69, 9.17) is 4.74 Å². The lowest BCUT2D eigenvalue weighted by Crippen LogP contribution is -2.68. The van der Waals surface area contributed by atoms with Crippen LogP contribution in [0.5, 0.6) is 5.88 Å². The number of carboxylic acids is 1. The first-order valence-corrected chi connectivity index (χ1v) is 25.9. The first-order valence-electron chi connectivity index (χ1n) is 24.0. The highest BCUT2D eigenvalue weighted by atomic mass is 32.2. The van der Waals surface area contributed by atoms with Gasteiger partial charge in [-0.1, -0.05) is 78.0 Å². The normalized spacial score (nSPS) is 41.3. The fourth-order valence-electron chi connectivity index (χ4n) is 16.3. The molecule has 60 heavy (non-hydrogen) atoms. The van der Waals surface area contributed by atoms with Gasteiger partial charge in [0.1, 0.15) is 12.0 Å². The number of thioether (sulfide) groups is 1. The van der Waals surface area contributed by atoms with Gasteiger partial charge in [-0.15, -0.1) is 0 Å². The maximum absolute atomic E-state index is 13.3. The average Bonchev–Trinajstić information content (AvgIpc) is 3.83. The Labute approximate surface area is 370 Å². The molecule has 2 heterocycles. The summed E-state index contributed by atoms with van der Waals surface area (Å²) in [6, 6.07) is 8.07. The van der Waals surface area contributed by atoms with Crippen LogP contribution in [0.4, 0.5) is 0 Å². The van der Waals surface area contributed by atoms with E-state index in [1.54, 1.807) is 0 Å². The molecule has 4 saturated carbocycles. The smallest absolute Gasteiger partial charge is 0.313 e. The van der Waals surface area contributed by atoms with Crippen molar-refractivity contribution in [2.45, 2.75) is 131 Å². The zero-order valence-electron chi connectivity index (χ0n) is 38.0. The Morgan fingerprint density at radius 1 is 0.983 bits per heavy atom. The largest absolute Gasteiger partial charge is 0.481 e. The van der Waals surface area contributed by atoms with Crippen LogP contribution in [-0.4, -0.2) is 70.2 Å². The molecule has 1 aromatic carbocycles. The first kappa shape index (κ1) is 43.1. The number of carbonyl (C=O) groups is 1. The average molecular weight is 854 g/mol. The number of nitrogens with zero attached hydrogens (tertiary/aromatic N) is 2. The van der Waals surface area contributed by atoms with E-state index in [0.717, 1.165) is 41.8 Å². The van der Waals surface area contributed by atoms with E-state index in [2.05, 4.69) is 93.5 Å². The van der Waals surface area contributed by atoms with Crippen LogP contribution in [0.2, 0.25) is 0 Å². The second-order valence-corrected chi connectivity index (χ2v) is 24.2. The van der Waals surface area contributed by atoms with Crippen LogP contribution in [0.3, 0.4) is 0 Å². The van der Waals surface area contributed by atoms with Gasteiger partial charge in [-0.25, -0.2) is 0 Å². The summed E-state index contributed by atoms with van der Waals surface area (Å²) in [5.41, 5.74) is 4.51. The summed E-state index contributed by atoms with van der Waals surface area (Å²) in [5.74, 6) is 5.65. The van der Waals surface area contributed by atoms with Crippen LogP contribution in [0, 0.1) is 62.6 Å². The van der Waals surface area contributed by atoms with Crippen LogP contribution in [0.1, 0.15) is 126 Å². The Hall–Kier alpha value is -2.13. The molecule has 5 fully saturated rings. The molecule has 8 heteroatoms. The summed E-state index contributed by atoms with van der Waals surface area (Å²) >= 11 is 3.53. The number of ether oxygens (including phenoxy) is 1. The Balaban J connectivity index is 0.962. The summed E-state index contributed by atoms with van der Waals surface area (Å²) in [6.45, 7) is 27.5. The molecule has 11 atom stereocenters. The lowest BCUT2D eigenvalue weighted by Gasteiger charge is -2.72. The molecule has 6 aliphatic carbocycles. The molecule has 0 amide bonds. The number of rotatable bonds is 11. The Morgan fingerprint density at radius 2 is 1.77 bits per heavy atom. The molecule has 0 bridgehead atoms. The lowest BCUT2D eigenvalue weighted by molar-refractivity contribution is -0.221. The van der Waals surface area contributed by atoms with Crippen molar-refractivity contribution in [2.75, 3.05) is 44.3 Å². The van der Waals surface area contributed by atoms with E-state index >= 15 is 0 Å². The molecule has 9 rings (SSSR count). The quantitative estimate of drug-likeness (QED) is 0.218. The summed E-state index contributed by atoms with van der Waals surface area (Å²) in [4.78, 5) is 16.0. The van der Waals surface area contributed by atoms with Gasteiger partial charge >= 0.3 is 5.97 Å². The third kappa shape index (κ3) is 6.58. The summed E-state index contributed by atoms with van der Waals surface area (Å²) in [6.07, 6.45) is 18.9. The van der Waals surface area contributed by atoms with Crippen LogP contribution >= 0.6 is 23.3 Å². The van der Waals surface area contributed by atoms with Gasteiger partial charge in [0.05, 0.1) is 10.1 Å². The SMILES string of the molecule is C=C(C)[C@@H]1CC[C@]2(NCCN3CCSCC3)CC[C@]3(C)[C@H](CC[C@@H]4[C@@]5(C)CC=C(C6=CC(CC)C(COc7nsc8ccccc78)(C(=O)O)CC6)C(C)(C)[C@@H]5CC[C@]43C)[C@@H]12. The van der Waals surface area contributed by atoms with Gasteiger partial charge in [0.2, 0.25) is 5.88 Å². The van der Waals surface area contributed by atoms with Crippen LogP contribution < -0.4 is 10.1 Å². The molecule has 2 aromatic rings. The monoisotopic (exact) mass is 854 g/mol. The summed E-state index contributed by atoms with van der Waals surface area (Å²) < 4.78 is 12.0. The van der Waals surface area contributed by atoms with Crippen molar-refractivity contribution in [3.05, 3.63) is 59.7 Å². The van der Waals surface area contributed by atoms with Crippen molar-refractivity contribution in [1.29, 1.82) is 0 Å².